The molecule has 0 aromatic heterocycles. The normalized spacial score (nSPS) is 18.9. The van der Waals surface area contributed by atoms with Crippen LogP contribution in [0, 0.1) is 0 Å². The van der Waals surface area contributed by atoms with Gasteiger partial charge in [0.05, 0.1) is 12.0 Å². The maximum Gasteiger partial charge on any atom is 0.305 e. The molecule has 0 radical (unpaired) electrons. The molecule has 0 unspecified atom stereocenters. The Bertz CT molecular complexity index is 195. The van der Waals surface area contributed by atoms with E-state index in [4.69, 9.17) is 5.11 Å². The minimum atomic E-state index is -0.719. The summed E-state index contributed by atoms with van der Waals surface area (Å²) < 4.78 is 0. The minimum absolute atomic E-state index is 0.176. The first-order valence-electron chi connectivity index (χ1n) is 4.85. The fourth-order valence-electron chi connectivity index (χ4n) is 1.60. The Kier molecular flexibility index (Phi) is 4.71. The van der Waals surface area contributed by atoms with Crippen molar-refractivity contribution in [2.24, 2.45) is 0 Å². The zero-order valence-electron chi connectivity index (χ0n) is 8.51. The van der Waals surface area contributed by atoms with Gasteiger partial charge in [-0.25, -0.2) is 0 Å². The molecular weight excluding hydrogens is 200 g/mol. The third-order valence-corrected chi connectivity index (χ3v) is 3.14. The van der Waals surface area contributed by atoms with Crippen molar-refractivity contribution in [2.45, 2.75) is 18.4 Å². The van der Waals surface area contributed by atoms with Crippen LogP contribution in [0.3, 0.4) is 0 Å². The average Bonchev–Trinajstić information content (AvgIpc) is 2.07. The van der Waals surface area contributed by atoms with E-state index in [2.05, 4.69) is 16.9 Å². The van der Waals surface area contributed by atoms with Crippen molar-refractivity contribution in [2.75, 3.05) is 31.6 Å². The number of thioether (sulfide) groups is 1. The van der Waals surface area contributed by atoms with E-state index < -0.39 is 5.97 Å². The van der Waals surface area contributed by atoms with Gasteiger partial charge in [-0.15, -0.1) is 0 Å². The van der Waals surface area contributed by atoms with Crippen molar-refractivity contribution in [3.8, 4) is 0 Å². The standard InChI is InChI=1S/C9H18N2O2S/c1-14-4-2-3-11-9(5-8(12)13)6-10-7-9/h10-11H,2-7H2,1H3,(H,12,13). The molecule has 82 valence electrons. The summed E-state index contributed by atoms with van der Waals surface area (Å²) in [5.74, 6) is 0.410. The molecule has 0 saturated carbocycles. The summed E-state index contributed by atoms with van der Waals surface area (Å²) in [4.78, 5) is 10.6. The second-order valence-electron chi connectivity index (χ2n) is 3.73. The molecule has 0 spiro atoms. The number of hydrogen-bond acceptors (Lipinski definition) is 4. The highest BCUT2D eigenvalue weighted by Gasteiger charge is 2.38. The molecule has 14 heavy (non-hydrogen) atoms. The predicted octanol–water partition coefficient (Wildman–Crippen LogP) is 0.146. The van der Waals surface area contributed by atoms with Crippen molar-refractivity contribution in [3.05, 3.63) is 0 Å². The molecule has 0 aromatic rings. The van der Waals surface area contributed by atoms with Crippen LogP contribution >= 0.6 is 11.8 Å². The minimum Gasteiger partial charge on any atom is -0.481 e. The number of aliphatic carboxylic acids is 1. The summed E-state index contributed by atoms with van der Waals surface area (Å²) >= 11 is 1.82. The summed E-state index contributed by atoms with van der Waals surface area (Å²) in [6, 6.07) is 0. The van der Waals surface area contributed by atoms with Gasteiger partial charge in [0.25, 0.3) is 0 Å². The molecule has 4 nitrogen and oxygen atoms in total. The van der Waals surface area contributed by atoms with Crippen LogP contribution in [-0.2, 0) is 4.79 Å². The summed E-state index contributed by atoms with van der Waals surface area (Å²) in [7, 11) is 0. The van der Waals surface area contributed by atoms with Gasteiger partial charge in [-0.05, 0) is 25.0 Å². The quantitative estimate of drug-likeness (QED) is 0.531. The fourth-order valence-corrected chi connectivity index (χ4v) is 2.03. The smallest absolute Gasteiger partial charge is 0.305 e. The highest BCUT2D eigenvalue weighted by atomic mass is 32.2. The van der Waals surface area contributed by atoms with E-state index in [9.17, 15) is 4.79 Å². The number of rotatable bonds is 7. The Morgan fingerprint density at radius 2 is 2.36 bits per heavy atom. The van der Waals surface area contributed by atoms with E-state index in [1.54, 1.807) is 0 Å². The first-order chi connectivity index (χ1) is 6.68. The summed E-state index contributed by atoms with van der Waals surface area (Å²) in [6.07, 6.45) is 3.40. The van der Waals surface area contributed by atoms with Crippen molar-refractivity contribution in [1.29, 1.82) is 0 Å². The van der Waals surface area contributed by atoms with E-state index in [1.807, 2.05) is 11.8 Å². The lowest BCUT2D eigenvalue weighted by Gasteiger charge is -2.42. The van der Waals surface area contributed by atoms with Gasteiger partial charge in [-0.2, -0.15) is 11.8 Å². The molecule has 1 rings (SSSR count). The molecule has 5 heteroatoms. The Balaban J connectivity index is 2.20. The number of nitrogens with one attached hydrogen (secondary N) is 2. The molecule has 0 amide bonds. The van der Waals surface area contributed by atoms with Crippen LogP contribution in [0.4, 0.5) is 0 Å². The molecule has 3 N–H and O–H groups in total. The van der Waals surface area contributed by atoms with Gasteiger partial charge in [0, 0.05) is 13.1 Å². The molecule has 1 saturated heterocycles. The van der Waals surface area contributed by atoms with Crippen LogP contribution in [0.5, 0.6) is 0 Å². The molecule has 0 aromatic carbocycles. The van der Waals surface area contributed by atoms with Gasteiger partial charge in [0.15, 0.2) is 0 Å². The Hall–Kier alpha value is -0.260. The van der Waals surface area contributed by atoms with E-state index in [0.717, 1.165) is 31.8 Å². The number of carboxylic acid groups (broad SMARTS) is 1. The van der Waals surface area contributed by atoms with E-state index in [-0.39, 0.29) is 12.0 Å². The topological polar surface area (TPSA) is 61.4 Å². The molecule has 0 atom stereocenters. The average molecular weight is 218 g/mol. The molecule has 1 aliphatic heterocycles. The lowest BCUT2D eigenvalue weighted by Crippen LogP contribution is -2.68. The van der Waals surface area contributed by atoms with Crippen LogP contribution < -0.4 is 10.6 Å². The predicted molar refractivity (Wildman–Crippen MR) is 58.9 cm³/mol. The maximum atomic E-state index is 10.6. The summed E-state index contributed by atoms with van der Waals surface area (Å²) in [5, 5.41) is 15.2. The second-order valence-corrected chi connectivity index (χ2v) is 4.71. The van der Waals surface area contributed by atoms with E-state index >= 15 is 0 Å². The molecule has 0 aliphatic carbocycles. The Labute approximate surface area is 88.8 Å². The molecule has 1 fully saturated rings. The maximum absolute atomic E-state index is 10.6. The first-order valence-corrected chi connectivity index (χ1v) is 6.24. The highest BCUT2D eigenvalue weighted by molar-refractivity contribution is 7.98. The van der Waals surface area contributed by atoms with E-state index in [1.165, 1.54) is 0 Å². The van der Waals surface area contributed by atoms with Crippen LogP contribution in [0.15, 0.2) is 0 Å². The Morgan fingerprint density at radius 1 is 1.64 bits per heavy atom. The lowest BCUT2D eigenvalue weighted by atomic mass is 9.88. The van der Waals surface area contributed by atoms with Gasteiger partial charge >= 0.3 is 5.97 Å². The van der Waals surface area contributed by atoms with Gasteiger partial charge in [0.1, 0.15) is 0 Å². The molecule has 1 aliphatic rings. The Morgan fingerprint density at radius 3 is 2.79 bits per heavy atom. The number of carbonyl (C=O) groups is 1. The van der Waals surface area contributed by atoms with Crippen LogP contribution in [-0.4, -0.2) is 48.3 Å². The SMILES string of the molecule is CSCCCNC1(CC(=O)O)CNC1. The van der Waals surface area contributed by atoms with Crippen LogP contribution in [0.2, 0.25) is 0 Å². The van der Waals surface area contributed by atoms with Gasteiger partial charge < -0.3 is 15.7 Å². The van der Waals surface area contributed by atoms with Gasteiger partial charge in [0.2, 0.25) is 0 Å². The third-order valence-electron chi connectivity index (χ3n) is 2.44. The highest BCUT2D eigenvalue weighted by Crippen LogP contribution is 2.15. The second kappa shape index (κ2) is 5.58. The van der Waals surface area contributed by atoms with Crippen LogP contribution in [0.25, 0.3) is 0 Å². The fraction of sp³-hybridized carbons (Fsp3) is 0.889. The van der Waals surface area contributed by atoms with Gasteiger partial charge in [-0.3, -0.25) is 4.79 Å². The van der Waals surface area contributed by atoms with Crippen LogP contribution in [0.1, 0.15) is 12.8 Å². The van der Waals surface area contributed by atoms with Crippen molar-refractivity contribution in [1.82, 2.24) is 10.6 Å². The van der Waals surface area contributed by atoms with Crippen molar-refractivity contribution < 1.29 is 9.90 Å². The zero-order chi connectivity index (χ0) is 10.4. The third kappa shape index (κ3) is 3.48. The molecule has 1 heterocycles. The van der Waals surface area contributed by atoms with Crippen molar-refractivity contribution in [3.63, 3.8) is 0 Å². The summed E-state index contributed by atoms with van der Waals surface area (Å²) in [5.41, 5.74) is -0.176. The zero-order valence-corrected chi connectivity index (χ0v) is 9.32. The molecule has 0 bridgehead atoms. The first kappa shape index (κ1) is 11.8. The largest absolute Gasteiger partial charge is 0.481 e. The van der Waals surface area contributed by atoms with Crippen molar-refractivity contribution >= 4 is 17.7 Å². The molecular formula is C9H18N2O2S. The number of carboxylic acids is 1. The lowest BCUT2D eigenvalue weighted by molar-refractivity contribution is -0.139. The summed E-state index contributed by atoms with van der Waals surface area (Å²) in [6.45, 7) is 2.47. The number of hydrogen-bond donors (Lipinski definition) is 3. The van der Waals surface area contributed by atoms with Gasteiger partial charge in [-0.1, -0.05) is 0 Å². The van der Waals surface area contributed by atoms with E-state index in [0.29, 0.717) is 0 Å². The monoisotopic (exact) mass is 218 g/mol.